The molecule has 0 saturated carbocycles. The van der Waals surface area contributed by atoms with E-state index in [0.29, 0.717) is 6.04 Å². The van der Waals surface area contributed by atoms with Crippen molar-refractivity contribution in [2.24, 2.45) is 0 Å². The van der Waals surface area contributed by atoms with Crippen molar-refractivity contribution in [1.29, 1.82) is 0 Å². The molecule has 0 amide bonds. The summed E-state index contributed by atoms with van der Waals surface area (Å²) in [5, 5.41) is 3.49. The van der Waals surface area contributed by atoms with Crippen molar-refractivity contribution in [3.05, 3.63) is 35.9 Å². The lowest BCUT2D eigenvalue weighted by Gasteiger charge is -2.07. The average Bonchev–Trinajstić information content (AvgIpc) is 2.82. The van der Waals surface area contributed by atoms with Crippen LogP contribution in [0.15, 0.2) is 24.7 Å². The van der Waals surface area contributed by atoms with E-state index in [4.69, 9.17) is 0 Å². The van der Waals surface area contributed by atoms with Gasteiger partial charge in [-0.05, 0) is 37.9 Å². The molecule has 1 N–H and O–H groups in total. The van der Waals surface area contributed by atoms with Gasteiger partial charge in [-0.15, -0.1) is 0 Å². The van der Waals surface area contributed by atoms with Gasteiger partial charge in [0.2, 0.25) is 0 Å². The Kier molecular flexibility index (Phi) is 1.99. The minimum atomic E-state index is 0.456. The Morgan fingerprint density at radius 1 is 1.47 bits per heavy atom. The normalized spacial score (nSPS) is 21.3. The first-order chi connectivity index (χ1) is 7.34. The Hall–Kier alpha value is -1.35. The molecule has 0 aromatic carbocycles. The molecule has 1 fully saturated rings. The highest BCUT2D eigenvalue weighted by Crippen LogP contribution is 2.25. The Bertz CT molecular complexity index is 481. The standard InChI is InChI=1S/C12H15N3/c1-9-4-5-11-12(10-3-2-6-13-10)14-8-15(11)7-9/h4-5,7-8,10,13H,2-3,6H2,1H3. The lowest BCUT2D eigenvalue weighted by atomic mass is 10.1. The van der Waals surface area contributed by atoms with Gasteiger partial charge in [0.05, 0.1) is 23.6 Å². The fourth-order valence-electron chi connectivity index (χ4n) is 2.32. The summed E-state index contributed by atoms with van der Waals surface area (Å²) >= 11 is 0. The van der Waals surface area contributed by atoms with Gasteiger partial charge in [-0.3, -0.25) is 0 Å². The molecule has 2 aromatic heterocycles. The Morgan fingerprint density at radius 2 is 2.40 bits per heavy atom. The second-order valence-corrected chi connectivity index (χ2v) is 4.28. The SMILES string of the molecule is Cc1ccc2c(C3CCCN3)ncn2c1. The van der Waals surface area contributed by atoms with Crippen LogP contribution in [0, 0.1) is 6.92 Å². The van der Waals surface area contributed by atoms with E-state index in [1.165, 1.54) is 29.6 Å². The first kappa shape index (κ1) is 8.92. The van der Waals surface area contributed by atoms with Crippen LogP contribution in [-0.2, 0) is 0 Å². The highest BCUT2D eigenvalue weighted by atomic mass is 15.0. The molecule has 3 heterocycles. The van der Waals surface area contributed by atoms with Gasteiger partial charge in [-0.2, -0.15) is 0 Å². The molecule has 1 unspecified atom stereocenters. The number of hydrogen-bond donors (Lipinski definition) is 1. The number of aryl methyl sites for hydroxylation is 1. The van der Waals surface area contributed by atoms with Gasteiger partial charge in [0.1, 0.15) is 0 Å². The van der Waals surface area contributed by atoms with Crippen LogP contribution in [-0.4, -0.2) is 15.9 Å². The molecule has 3 nitrogen and oxygen atoms in total. The molecule has 3 rings (SSSR count). The van der Waals surface area contributed by atoms with Gasteiger partial charge in [0.15, 0.2) is 0 Å². The quantitative estimate of drug-likeness (QED) is 0.765. The summed E-state index contributed by atoms with van der Waals surface area (Å²) in [5.41, 5.74) is 3.71. The predicted molar refractivity (Wildman–Crippen MR) is 59.9 cm³/mol. The van der Waals surface area contributed by atoms with Crippen LogP contribution in [0.1, 0.15) is 30.1 Å². The van der Waals surface area contributed by atoms with E-state index in [1.807, 2.05) is 6.33 Å². The summed E-state index contributed by atoms with van der Waals surface area (Å²) in [6.45, 7) is 3.22. The molecule has 0 radical (unpaired) electrons. The van der Waals surface area contributed by atoms with E-state index in [0.717, 1.165) is 6.54 Å². The lowest BCUT2D eigenvalue weighted by Crippen LogP contribution is -2.13. The average molecular weight is 201 g/mol. The number of nitrogens with zero attached hydrogens (tertiary/aromatic N) is 2. The molecule has 2 aromatic rings. The molecule has 0 spiro atoms. The molecule has 1 aliphatic rings. The molecule has 1 aliphatic heterocycles. The topological polar surface area (TPSA) is 29.3 Å². The van der Waals surface area contributed by atoms with E-state index in [-0.39, 0.29) is 0 Å². The van der Waals surface area contributed by atoms with Crippen molar-refractivity contribution >= 4 is 5.52 Å². The highest BCUT2D eigenvalue weighted by Gasteiger charge is 2.20. The van der Waals surface area contributed by atoms with E-state index in [9.17, 15) is 0 Å². The third-order valence-electron chi connectivity index (χ3n) is 3.10. The van der Waals surface area contributed by atoms with Crippen LogP contribution in [0.3, 0.4) is 0 Å². The number of nitrogens with one attached hydrogen (secondary N) is 1. The summed E-state index contributed by atoms with van der Waals surface area (Å²) in [6.07, 6.45) is 6.51. The van der Waals surface area contributed by atoms with Crippen molar-refractivity contribution < 1.29 is 0 Å². The van der Waals surface area contributed by atoms with Gasteiger partial charge in [-0.25, -0.2) is 4.98 Å². The molecule has 0 bridgehead atoms. The summed E-state index contributed by atoms with van der Waals surface area (Å²) in [5.74, 6) is 0. The Balaban J connectivity index is 2.11. The molecule has 15 heavy (non-hydrogen) atoms. The maximum Gasteiger partial charge on any atom is 0.0996 e. The molecule has 1 saturated heterocycles. The van der Waals surface area contributed by atoms with Gasteiger partial charge >= 0.3 is 0 Å². The number of imidazole rings is 1. The van der Waals surface area contributed by atoms with Crippen LogP contribution in [0.25, 0.3) is 5.52 Å². The molecular formula is C12H15N3. The third-order valence-corrected chi connectivity index (χ3v) is 3.10. The number of hydrogen-bond acceptors (Lipinski definition) is 2. The van der Waals surface area contributed by atoms with Crippen molar-refractivity contribution in [2.75, 3.05) is 6.54 Å². The third kappa shape index (κ3) is 1.43. The molecule has 78 valence electrons. The maximum atomic E-state index is 4.52. The minimum Gasteiger partial charge on any atom is -0.309 e. The monoisotopic (exact) mass is 201 g/mol. The van der Waals surface area contributed by atoms with E-state index in [2.05, 4.69) is 40.0 Å². The summed E-state index contributed by atoms with van der Waals surface area (Å²) in [6, 6.07) is 4.77. The number of aromatic nitrogens is 2. The largest absolute Gasteiger partial charge is 0.309 e. The molecule has 3 heteroatoms. The second-order valence-electron chi connectivity index (χ2n) is 4.28. The maximum absolute atomic E-state index is 4.52. The second kappa shape index (κ2) is 3.35. The van der Waals surface area contributed by atoms with Crippen LogP contribution in [0.5, 0.6) is 0 Å². The highest BCUT2D eigenvalue weighted by molar-refractivity contribution is 5.54. The van der Waals surface area contributed by atoms with Gasteiger partial charge in [0, 0.05) is 6.20 Å². The van der Waals surface area contributed by atoms with Gasteiger partial charge < -0.3 is 9.72 Å². The van der Waals surface area contributed by atoms with E-state index >= 15 is 0 Å². The van der Waals surface area contributed by atoms with E-state index in [1.54, 1.807) is 0 Å². The first-order valence-corrected chi connectivity index (χ1v) is 5.51. The van der Waals surface area contributed by atoms with Crippen LogP contribution < -0.4 is 5.32 Å². The van der Waals surface area contributed by atoms with Crippen molar-refractivity contribution in [3.8, 4) is 0 Å². The summed E-state index contributed by atoms with van der Waals surface area (Å²) in [7, 11) is 0. The Labute approximate surface area is 89.1 Å². The van der Waals surface area contributed by atoms with Crippen molar-refractivity contribution in [1.82, 2.24) is 14.7 Å². The number of fused-ring (bicyclic) bond motifs is 1. The van der Waals surface area contributed by atoms with Gasteiger partial charge in [0.25, 0.3) is 0 Å². The van der Waals surface area contributed by atoms with Gasteiger partial charge in [-0.1, -0.05) is 6.07 Å². The van der Waals surface area contributed by atoms with Crippen LogP contribution >= 0.6 is 0 Å². The zero-order valence-corrected chi connectivity index (χ0v) is 8.90. The smallest absolute Gasteiger partial charge is 0.0996 e. The predicted octanol–water partition coefficient (Wildman–Crippen LogP) is 2.07. The fourth-order valence-corrected chi connectivity index (χ4v) is 2.32. The van der Waals surface area contributed by atoms with E-state index < -0.39 is 0 Å². The Morgan fingerprint density at radius 3 is 3.20 bits per heavy atom. The number of pyridine rings is 1. The summed E-state index contributed by atoms with van der Waals surface area (Å²) in [4.78, 5) is 4.52. The van der Waals surface area contributed by atoms with Crippen molar-refractivity contribution in [3.63, 3.8) is 0 Å². The first-order valence-electron chi connectivity index (χ1n) is 5.51. The lowest BCUT2D eigenvalue weighted by molar-refractivity contribution is 0.636. The molecule has 0 aliphatic carbocycles. The zero-order chi connectivity index (χ0) is 10.3. The zero-order valence-electron chi connectivity index (χ0n) is 8.90. The minimum absolute atomic E-state index is 0.456. The fraction of sp³-hybridized carbons (Fsp3) is 0.417. The molecular weight excluding hydrogens is 186 g/mol. The van der Waals surface area contributed by atoms with Crippen LogP contribution in [0.4, 0.5) is 0 Å². The molecule has 1 atom stereocenters. The van der Waals surface area contributed by atoms with Crippen molar-refractivity contribution in [2.45, 2.75) is 25.8 Å². The number of rotatable bonds is 1. The van der Waals surface area contributed by atoms with Crippen LogP contribution in [0.2, 0.25) is 0 Å². The summed E-state index contributed by atoms with van der Waals surface area (Å²) < 4.78 is 2.12.